The van der Waals surface area contributed by atoms with Crippen molar-refractivity contribution in [1.82, 2.24) is 0 Å². The molecule has 0 aliphatic heterocycles. The minimum atomic E-state index is -0.544. The molecule has 22 heavy (non-hydrogen) atoms. The van der Waals surface area contributed by atoms with Crippen LogP contribution in [0.25, 0.3) is 0 Å². The van der Waals surface area contributed by atoms with Gasteiger partial charge in [0.1, 0.15) is 5.60 Å². The number of carbonyl (C=O) groups excluding carboxylic acids is 1. The molecule has 3 N–H and O–H groups in total. The van der Waals surface area contributed by atoms with Gasteiger partial charge in [0, 0.05) is 0 Å². The monoisotopic (exact) mass is 324 g/mol. The van der Waals surface area contributed by atoms with Crippen molar-refractivity contribution in [1.29, 1.82) is 0 Å². The summed E-state index contributed by atoms with van der Waals surface area (Å²) in [6.45, 7) is 10.6. The van der Waals surface area contributed by atoms with E-state index in [0.717, 1.165) is 5.56 Å². The van der Waals surface area contributed by atoms with Gasteiger partial charge in [0.15, 0.2) is 0 Å². The zero-order valence-electron chi connectivity index (χ0n) is 13.9. The van der Waals surface area contributed by atoms with Crippen molar-refractivity contribution in [3.05, 3.63) is 28.8 Å². The lowest BCUT2D eigenvalue weighted by Crippen LogP contribution is -2.27. The minimum Gasteiger partial charge on any atom is -0.444 e. The molecule has 0 heterocycles. The fourth-order valence-corrected chi connectivity index (χ4v) is 3.26. The van der Waals surface area contributed by atoms with E-state index in [1.165, 1.54) is 0 Å². The number of hydrogen-bond acceptors (Lipinski definition) is 3. The van der Waals surface area contributed by atoms with Crippen molar-refractivity contribution in [3.8, 4) is 0 Å². The summed E-state index contributed by atoms with van der Waals surface area (Å²) in [6, 6.07) is 5.74. The second-order valence-electron chi connectivity index (χ2n) is 7.51. The van der Waals surface area contributed by atoms with Crippen molar-refractivity contribution >= 4 is 23.4 Å². The summed E-state index contributed by atoms with van der Waals surface area (Å²) >= 11 is 6.18. The van der Waals surface area contributed by atoms with Crippen LogP contribution in [0.3, 0.4) is 0 Å². The molecule has 1 fully saturated rings. The standard InChI is InChI=1S/C17H25ClN2O2/c1-16(2,3)22-15(21)20-13-8-10(6-7-12(13)18)14-11(9-19)17(14,4)5/h6-8,11,14H,9,19H2,1-5H3,(H,20,21). The van der Waals surface area contributed by atoms with Gasteiger partial charge in [0.25, 0.3) is 0 Å². The van der Waals surface area contributed by atoms with Gasteiger partial charge in [0.05, 0.1) is 10.7 Å². The second kappa shape index (κ2) is 5.74. The van der Waals surface area contributed by atoms with Crippen LogP contribution in [0.2, 0.25) is 5.02 Å². The maximum absolute atomic E-state index is 11.9. The molecular weight excluding hydrogens is 300 g/mol. The van der Waals surface area contributed by atoms with Crippen molar-refractivity contribution in [2.24, 2.45) is 17.1 Å². The van der Waals surface area contributed by atoms with E-state index in [1.807, 2.05) is 39.0 Å². The lowest BCUT2D eigenvalue weighted by Gasteiger charge is -2.20. The van der Waals surface area contributed by atoms with Crippen LogP contribution in [0.15, 0.2) is 18.2 Å². The van der Waals surface area contributed by atoms with Crippen molar-refractivity contribution in [2.75, 3.05) is 11.9 Å². The Kier molecular flexibility index (Phi) is 4.46. The predicted molar refractivity (Wildman–Crippen MR) is 90.4 cm³/mol. The van der Waals surface area contributed by atoms with Gasteiger partial charge in [-0.3, -0.25) is 5.32 Å². The third-order valence-corrected chi connectivity index (χ3v) is 4.62. The maximum atomic E-state index is 11.9. The quantitative estimate of drug-likeness (QED) is 0.866. The van der Waals surface area contributed by atoms with E-state index in [9.17, 15) is 4.79 Å². The zero-order valence-corrected chi connectivity index (χ0v) is 14.6. The molecule has 0 aromatic heterocycles. The number of hydrogen-bond donors (Lipinski definition) is 2. The van der Waals surface area contributed by atoms with E-state index >= 15 is 0 Å². The third kappa shape index (κ3) is 3.55. The summed E-state index contributed by atoms with van der Waals surface area (Å²) in [5.41, 5.74) is 7.21. The molecule has 0 radical (unpaired) electrons. The van der Waals surface area contributed by atoms with Crippen molar-refractivity contribution in [2.45, 2.75) is 46.1 Å². The Morgan fingerprint density at radius 1 is 1.41 bits per heavy atom. The number of nitrogens with one attached hydrogen (secondary N) is 1. The van der Waals surface area contributed by atoms with Crippen LogP contribution in [0.5, 0.6) is 0 Å². The summed E-state index contributed by atoms with van der Waals surface area (Å²) in [4.78, 5) is 11.9. The number of anilines is 1. The van der Waals surface area contributed by atoms with Gasteiger partial charge >= 0.3 is 6.09 Å². The Hall–Kier alpha value is -1.26. The fraction of sp³-hybridized carbons (Fsp3) is 0.588. The molecular formula is C17H25ClN2O2. The predicted octanol–water partition coefficient (Wildman–Crippen LogP) is 4.39. The topological polar surface area (TPSA) is 64.3 Å². The van der Waals surface area contributed by atoms with Crippen LogP contribution >= 0.6 is 11.6 Å². The molecule has 1 saturated carbocycles. The number of amides is 1. The van der Waals surface area contributed by atoms with E-state index in [2.05, 4.69) is 19.2 Å². The lowest BCUT2D eigenvalue weighted by atomic mass is 10.0. The Bertz CT molecular complexity index is 579. The van der Waals surface area contributed by atoms with Crippen LogP contribution in [0.4, 0.5) is 10.5 Å². The number of rotatable bonds is 3. The largest absolute Gasteiger partial charge is 0.444 e. The van der Waals surface area contributed by atoms with Crippen LogP contribution in [0, 0.1) is 11.3 Å². The normalized spacial score (nSPS) is 23.0. The van der Waals surface area contributed by atoms with Gasteiger partial charge in [-0.1, -0.05) is 31.5 Å². The first-order chi connectivity index (χ1) is 10.1. The van der Waals surface area contributed by atoms with E-state index in [1.54, 1.807) is 0 Å². The maximum Gasteiger partial charge on any atom is 0.412 e. The molecule has 1 aromatic rings. The third-order valence-electron chi connectivity index (χ3n) is 4.29. The number of nitrogens with two attached hydrogens (primary N) is 1. The van der Waals surface area contributed by atoms with Gasteiger partial charge < -0.3 is 10.5 Å². The highest BCUT2D eigenvalue weighted by Gasteiger charge is 2.57. The van der Waals surface area contributed by atoms with E-state index in [0.29, 0.717) is 29.1 Å². The van der Waals surface area contributed by atoms with E-state index < -0.39 is 11.7 Å². The van der Waals surface area contributed by atoms with Crippen molar-refractivity contribution in [3.63, 3.8) is 0 Å². The molecule has 2 unspecified atom stereocenters. The highest BCUT2D eigenvalue weighted by molar-refractivity contribution is 6.33. The SMILES string of the molecule is CC(C)(C)OC(=O)Nc1cc(C2C(CN)C2(C)C)ccc1Cl. The van der Waals surface area contributed by atoms with Crippen LogP contribution in [0.1, 0.15) is 46.1 Å². The summed E-state index contributed by atoms with van der Waals surface area (Å²) in [7, 11) is 0. The Labute approximate surface area is 137 Å². The number of ether oxygens (including phenoxy) is 1. The molecule has 1 aliphatic carbocycles. The van der Waals surface area contributed by atoms with Gasteiger partial charge in [-0.25, -0.2) is 4.79 Å². The van der Waals surface area contributed by atoms with E-state index in [4.69, 9.17) is 22.1 Å². The summed E-state index contributed by atoms with van der Waals surface area (Å²) < 4.78 is 5.27. The van der Waals surface area contributed by atoms with Crippen LogP contribution < -0.4 is 11.1 Å². The Morgan fingerprint density at radius 2 is 2.05 bits per heavy atom. The van der Waals surface area contributed by atoms with Gasteiger partial charge in [0.2, 0.25) is 0 Å². The summed E-state index contributed by atoms with van der Waals surface area (Å²) in [5.74, 6) is 0.858. The first kappa shape index (κ1) is 17.1. The molecule has 0 bridgehead atoms. The number of benzene rings is 1. The average Bonchev–Trinajstić information content (AvgIpc) is 2.91. The molecule has 1 aromatic carbocycles. The average molecular weight is 325 g/mol. The molecule has 2 rings (SSSR count). The zero-order chi connectivity index (χ0) is 16.7. The number of halogens is 1. The summed E-state index contributed by atoms with van der Waals surface area (Å²) in [6.07, 6.45) is -0.503. The second-order valence-corrected chi connectivity index (χ2v) is 7.91. The molecule has 0 saturated heterocycles. The number of carbonyl (C=O) groups is 1. The molecule has 0 spiro atoms. The highest BCUT2D eigenvalue weighted by Crippen LogP contribution is 2.64. The van der Waals surface area contributed by atoms with Gasteiger partial charge in [-0.15, -0.1) is 0 Å². The minimum absolute atomic E-state index is 0.186. The smallest absolute Gasteiger partial charge is 0.412 e. The first-order valence-corrected chi connectivity index (χ1v) is 7.93. The molecule has 4 nitrogen and oxygen atoms in total. The molecule has 122 valence electrons. The molecule has 1 aliphatic rings. The van der Waals surface area contributed by atoms with E-state index in [-0.39, 0.29) is 5.41 Å². The van der Waals surface area contributed by atoms with Crippen LogP contribution in [-0.2, 0) is 4.74 Å². The Morgan fingerprint density at radius 3 is 2.55 bits per heavy atom. The Balaban J connectivity index is 2.17. The van der Waals surface area contributed by atoms with Gasteiger partial charge in [-0.2, -0.15) is 0 Å². The molecule has 2 atom stereocenters. The first-order valence-electron chi connectivity index (χ1n) is 7.56. The summed E-state index contributed by atoms with van der Waals surface area (Å²) in [5, 5.41) is 3.22. The molecule has 5 heteroatoms. The van der Waals surface area contributed by atoms with Crippen molar-refractivity contribution < 1.29 is 9.53 Å². The fourth-order valence-electron chi connectivity index (χ4n) is 3.09. The van der Waals surface area contributed by atoms with Gasteiger partial charge in [-0.05, 0) is 62.3 Å². The lowest BCUT2D eigenvalue weighted by molar-refractivity contribution is 0.0636. The van der Waals surface area contributed by atoms with Crippen LogP contribution in [-0.4, -0.2) is 18.2 Å². The molecule has 1 amide bonds. The highest BCUT2D eigenvalue weighted by atomic mass is 35.5.